The number of rotatable bonds is 5. The van der Waals surface area contributed by atoms with Crippen molar-refractivity contribution in [1.82, 2.24) is 15.8 Å². The third-order valence-electron chi connectivity index (χ3n) is 4.05. The van der Waals surface area contributed by atoms with Crippen LogP contribution in [0.3, 0.4) is 0 Å². The average molecular weight is 314 g/mol. The van der Waals surface area contributed by atoms with Gasteiger partial charge in [0.1, 0.15) is 12.0 Å². The highest BCUT2D eigenvalue weighted by molar-refractivity contribution is 5.74. The number of urea groups is 1. The molecule has 0 saturated carbocycles. The Morgan fingerprint density at radius 3 is 2.65 bits per heavy atom. The van der Waals surface area contributed by atoms with Gasteiger partial charge in [-0.3, -0.25) is 0 Å². The second-order valence-electron chi connectivity index (χ2n) is 5.70. The molecule has 2 N–H and O–H groups in total. The van der Waals surface area contributed by atoms with Crippen molar-refractivity contribution in [1.29, 1.82) is 0 Å². The first-order valence-electron chi connectivity index (χ1n) is 8.07. The van der Waals surface area contributed by atoms with E-state index >= 15 is 0 Å². The van der Waals surface area contributed by atoms with Gasteiger partial charge in [-0.05, 0) is 30.9 Å². The molecule has 0 spiro atoms. The highest BCUT2D eigenvalue weighted by Gasteiger charge is 2.14. The summed E-state index contributed by atoms with van der Waals surface area (Å²) in [4.78, 5) is 14.3. The molecular formula is C17H22N4O2. The predicted octanol–water partition coefficient (Wildman–Crippen LogP) is 2.66. The molecule has 1 aromatic heterocycles. The molecule has 0 bridgehead atoms. The highest BCUT2D eigenvalue weighted by Crippen LogP contribution is 2.23. The fraction of sp³-hybridized carbons (Fsp3) is 0.412. The van der Waals surface area contributed by atoms with Gasteiger partial charge < -0.3 is 20.1 Å². The maximum absolute atomic E-state index is 11.9. The van der Waals surface area contributed by atoms with Gasteiger partial charge in [0.15, 0.2) is 0 Å². The SMILES string of the molecule is O=C(NCc1ccon1)NCc1ccccc1N1CCCCC1. The molecule has 6 heteroatoms. The Morgan fingerprint density at radius 2 is 1.87 bits per heavy atom. The van der Waals surface area contributed by atoms with Crippen LogP contribution in [0.15, 0.2) is 41.1 Å². The maximum atomic E-state index is 11.9. The molecule has 6 nitrogen and oxygen atoms in total. The summed E-state index contributed by atoms with van der Waals surface area (Å²) in [5.74, 6) is 0. The predicted molar refractivity (Wildman–Crippen MR) is 88.1 cm³/mol. The molecule has 2 heterocycles. The molecule has 122 valence electrons. The van der Waals surface area contributed by atoms with Crippen LogP contribution in [0.1, 0.15) is 30.5 Å². The van der Waals surface area contributed by atoms with Gasteiger partial charge in [0, 0.05) is 31.4 Å². The van der Waals surface area contributed by atoms with Gasteiger partial charge in [-0.15, -0.1) is 0 Å². The van der Waals surface area contributed by atoms with Crippen molar-refractivity contribution in [2.75, 3.05) is 18.0 Å². The number of aromatic nitrogens is 1. The van der Waals surface area contributed by atoms with Crippen LogP contribution < -0.4 is 15.5 Å². The molecule has 0 radical (unpaired) electrons. The Kier molecular flexibility index (Phi) is 5.13. The van der Waals surface area contributed by atoms with E-state index in [1.807, 2.05) is 6.07 Å². The molecule has 1 aromatic carbocycles. The second-order valence-corrected chi connectivity index (χ2v) is 5.70. The molecule has 2 amide bonds. The van der Waals surface area contributed by atoms with E-state index in [2.05, 4.69) is 38.9 Å². The monoisotopic (exact) mass is 314 g/mol. The average Bonchev–Trinajstić information content (AvgIpc) is 3.13. The molecule has 0 atom stereocenters. The van der Waals surface area contributed by atoms with Crippen LogP contribution in [-0.2, 0) is 13.1 Å². The van der Waals surface area contributed by atoms with Crippen LogP contribution in [0.2, 0.25) is 0 Å². The summed E-state index contributed by atoms with van der Waals surface area (Å²) in [6.45, 7) is 3.05. The van der Waals surface area contributed by atoms with Gasteiger partial charge in [-0.1, -0.05) is 23.4 Å². The van der Waals surface area contributed by atoms with Crippen molar-refractivity contribution < 1.29 is 9.32 Å². The van der Waals surface area contributed by atoms with Crippen LogP contribution in [0.5, 0.6) is 0 Å². The molecule has 0 unspecified atom stereocenters. The largest absolute Gasteiger partial charge is 0.371 e. The van der Waals surface area contributed by atoms with E-state index in [9.17, 15) is 4.79 Å². The summed E-state index contributed by atoms with van der Waals surface area (Å²) in [5, 5.41) is 9.43. The molecule has 1 aliphatic heterocycles. The number of nitrogens with one attached hydrogen (secondary N) is 2. The highest BCUT2D eigenvalue weighted by atomic mass is 16.5. The first-order chi connectivity index (χ1) is 11.3. The molecule has 0 aliphatic carbocycles. The number of amides is 2. The summed E-state index contributed by atoms with van der Waals surface area (Å²) in [6, 6.07) is 9.79. The number of hydrogen-bond acceptors (Lipinski definition) is 4. The zero-order valence-electron chi connectivity index (χ0n) is 13.1. The van der Waals surface area contributed by atoms with Gasteiger partial charge in [0.25, 0.3) is 0 Å². The van der Waals surface area contributed by atoms with Crippen molar-refractivity contribution in [2.24, 2.45) is 0 Å². The zero-order valence-corrected chi connectivity index (χ0v) is 13.1. The zero-order chi connectivity index (χ0) is 15.9. The van der Waals surface area contributed by atoms with Crippen molar-refractivity contribution in [3.63, 3.8) is 0 Å². The topological polar surface area (TPSA) is 70.4 Å². The first kappa shape index (κ1) is 15.4. The van der Waals surface area contributed by atoms with Gasteiger partial charge in [-0.25, -0.2) is 4.79 Å². The molecule has 1 fully saturated rings. The van der Waals surface area contributed by atoms with Gasteiger partial charge >= 0.3 is 6.03 Å². The number of benzene rings is 1. The van der Waals surface area contributed by atoms with Crippen LogP contribution in [-0.4, -0.2) is 24.3 Å². The van der Waals surface area contributed by atoms with E-state index in [1.165, 1.54) is 31.2 Å². The number of piperidine rings is 1. The fourth-order valence-electron chi connectivity index (χ4n) is 2.84. The Labute approximate surface area is 135 Å². The smallest absolute Gasteiger partial charge is 0.315 e. The van der Waals surface area contributed by atoms with Gasteiger partial charge in [0.05, 0.1) is 6.54 Å². The summed E-state index contributed by atoms with van der Waals surface area (Å²) in [7, 11) is 0. The Balaban J connectivity index is 1.54. The summed E-state index contributed by atoms with van der Waals surface area (Å²) >= 11 is 0. The third kappa shape index (κ3) is 4.25. The van der Waals surface area contributed by atoms with E-state index in [-0.39, 0.29) is 6.03 Å². The number of hydrogen-bond donors (Lipinski definition) is 2. The second kappa shape index (κ2) is 7.67. The Morgan fingerprint density at radius 1 is 1.09 bits per heavy atom. The minimum Gasteiger partial charge on any atom is -0.371 e. The molecule has 23 heavy (non-hydrogen) atoms. The van der Waals surface area contributed by atoms with Gasteiger partial charge in [0.2, 0.25) is 0 Å². The van der Waals surface area contributed by atoms with Crippen LogP contribution in [0, 0.1) is 0 Å². The van der Waals surface area contributed by atoms with Gasteiger partial charge in [-0.2, -0.15) is 0 Å². The van der Waals surface area contributed by atoms with Crippen molar-refractivity contribution in [3.8, 4) is 0 Å². The fourth-order valence-corrected chi connectivity index (χ4v) is 2.84. The quantitative estimate of drug-likeness (QED) is 0.890. The summed E-state index contributed by atoms with van der Waals surface area (Å²) in [6.07, 6.45) is 5.27. The number of carbonyl (C=O) groups excluding carboxylic acids is 1. The van der Waals surface area contributed by atoms with Crippen molar-refractivity contribution in [3.05, 3.63) is 47.9 Å². The number of para-hydroxylation sites is 1. The summed E-state index contributed by atoms with van der Waals surface area (Å²) in [5.41, 5.74) is 3.07. The molecule has 1 saturated heterocycles. The van der Waals surface area contributed by atoms with E-state index in [0.717, 1.165) is 18.7 Å². The van der Waals surface area contributed by atoms with Crippen LogP contribution in [0.25, 0.3) is 0 Å². The lowest BCUT2D eigenvalue weighted by Crippen LogP contribution is -2.35. The van der Waals surface area contributed by atoms with E-state index in [4.69, 9.17) is 4.52 Å². The number of carbonyl (C=O) groups is 1. The summed E-state index contributed by atoms with van der Waals surface area (Å²) < 4.78 is 4.73. The maximum Gasteiger partial charge on any atom is 0.315 e. The molecule has 3 rings (SSSR count). The number of anilines is 1. The molecular weight excluding hydrogens is 292 g/mol. The minimum atomic E-state index is -0.207. The van der Waals surface area contributed by atoms with Crippen molar-refractivity contribution >= 4 is 11.7 Å². The standard InChI is InChI=1S/C17H22N4O2/c22-17(19-13-15-8-11-23-20-15)18-12-14-6-2-3-7-16(14)21-9-4-1-5-10-21/h2-3,6-8,11H,1,4-5,9-10,12-13H2,(H2,18,19,22). The normalized spacial score (nSPS) is 14.5. The van der Waals surface area contributed by atoms with Crippen molar-refractivity contribution in [2.45, 2.75) is 32.4 Å². The van der Waals surface area contributed by atoms with Crippen LogP contribution in [0.4, 0.5) is 10.5 Å². The lowest BCUT2D eigenvalue weighted by atomic mass is 10.1. The minimum absolute atomic E-state index is 0.207. The first-order valence-corrected chi connectivity index (χ1v) is 8.07. The van der Waals surface area contributed by atoms with E-state index < -0.39 is 0 Å². The Bertz CT molecular complexity index is 621. The van der Waals surface area contributed by atoms with Crippen LogP contribution >= 0.6 is 0 Å². The van der Waals surface area contributed by atoms with E-state index in [1.54, 1.807) is 6.07 Å². The van der Waals surface area contributed by atoms with E-state index in [0.29, 0.717) is 18.8 Å². The third-order valence-corrected chi connectivity index (χ3v) is 4.05. The number of nitrogens with zero attached hydrogens (tertiary/aromatic N) is 2. The molecule has 1 aliphatic rings. The lowest BCUT2D eigenvalue weighted by Gasteiger charge is -2.30. The Hall–Kier alpha value is -2.50. The lowest BCUT2D eigenvalue weighted by molar-refractivity contribution is 0.240. The molecule has 2 aromatic rings.